The van der Waals surface area contributed by atoms with Gasteiger partial charge in [-0.2, -0.15) is 0 Å². The van der Waals surface area contributed by atoms with E-state index >= 15 is 0 Å². The van der Waals surface area contributed by atoms with Crippen LogP contribution < -0.4 is 10.6 Å². The van der Waals surface area contributed by atoms with Crippen LogP contribution in [0.3, 0.4) is 0 Å². The first-order valence-electron chi connectivity index (χ1n) is 2.07. The molecular formula is C4H7N3. The molecule has 0 spiro atoms. The fourth-order valence-corrected chi connectivity index (χ4v) is 0.361. The van der Waals surface area contributed by atoms with Gasteiger partial charge in [0.15, 0.2) is 0 Å². The van der Waals surface area contributed by atoms with Crippen molar-refractivity contribution in [2.75, 3.05) is 6.67 Å². The maximum atomic E-state index is 3.82. The summed E-state index contributed by atoms with van der Waals surface area (Å²) in [5.41, 5.74) is 0. The van der Waals surface area contributed by atoms with Gasteiger partial charge in [0, 0.05) is 0 Å². The molecule has 0 radical (unpaired) electrons. The van der Waals surface area contributed by atoms with Gasteiger partial charge in [-0.25, -0.2) is 0 Å². The Hall–Kier alpha value is -0.990. The van der Waals surface area contributed by atoms with E-state index in [1.54, 1.807) is 6.34 Å². The van der Waals surface area contributed by atoms with Crippen molar-refractivity contribution in [2.24, 2.45) is 4.99 Å². The van der Waals surface area contributed by atoms with Crippen LogP contribution in [0.2, 0.25) is 0 Å². The van der Waals surface area contributed by atoms with Gasteiger partial charge in [-0.05, 0) is 0 Å². The minimum absolute atomic E-state index is 0.645. The molecule has 0 aromatic carbocycles. The predicted octanol–water partition coefficient (Wildman–Crippen LogP) is -0.364. The summed E-state index contributed by atoms with van der Waals surface area (Å²) < 4.78 is 0. The van der Waals surface area contributed by atoms with Gasteiger partial charge >= 0.3 is 0 Å². The summed E-state index contributed by atoms with van der Waals surface area (Å²) in [6, 6.07) is 0. The maximum Gasteiger partial charge on any atom is 0.110 e. The van der Waals surface area contributed by atoms with E-state index < -0.39 is 0 Å². The second-order valence-electron chi connectivity index (χ2n) is 1.27. The Morgan fingerprint density at radius 3 is 3.00 bits per heavy atom. The molecule has 3 nitrogen and oxygen atoms in total. The number of nitrogens with one attached hydrogen (secondary N) is 2. The van der Waals surface area contributed by atoms with Crippen LogP contribution in [0.15, 0.2) is 17.4 Å². The Balaban J connectivity index is 2.47. The Kier molecular flexibility index (Phi) is 0.978. The highest BCUT2D eigenvalue weighted by Gasteiger charge is 1.89. The zero-order valence-electron chi connectivity index (χ0n) is 3.94. The van der Waals surface area contributed by atoms with Gasteiger partial charge in [-0.1, -0.05) is 6.58 Å². The smallest absolute Gasteiger partial charge is 0.110 e. The molecule has 0 amide bonds. The van der Waals surface area contributed by atoms with Gasteiger partial charge in [0.25, 0.3) is 0 Å². The summed E-state index contributed by atoms with van der Waals surface area (Å²) in [6.07, 6.45) is 1.62. The molecule has 1 heterocycles. The van der Waals surface area contributed by atoms with Crippen LogP contribution in [0.5, 0.6) is 0 Å². The van der Waals surface area contributed by atoms with E-state index in [0.717, 1.165) is 5.82 Å². The third-order valence-electron chi connectivity index (χ3n) is 0.714. The first-order valence-corrected chi connectivity index (χ1v) is 2.07. The van der Waals surface area contributed by atoms with E-state index in [2.05, 4.69) is 22.2 Å². The molecule has 38 valence electrons. The average molecular weight is 97.1 g/mol. The summed E-state index contributed by atoms with van der Waals surface area (Å²) in [6.45, 7) is 4.25. The molecule has 0 aromatic rings. The lowest BCUT2D eigenvalue weighted by atomic mass is 10.7. The molecule has 0 bridgehead atoms. The normalized spacial score (nSPS) is 18.0. The Morgan fingerprint density at radius 2 is 2.71 bits per heavy atom. The van der Waals surface area contributed by atoms with Gasteiger partial charge in [0.05, 0.1) is 12.2 Å². The molecule has 1 aliphatic rings. The van der Waals surface area contributed by atoms with E-state index in [-0.39, 0.29) is 0 Å². The van der Waals surface area contributed by atoms with Crippen LogP contribution in [0.25, 0.3) is 0 Å². The van der Waals surface area contributed by atoms with Gasteiger partial charge in [0.1, 0.15) is 6.67 Å². The van der Waals surface area contributed by atoms with Crippen LogP contribution in [-0.4, -0.2) is 13.0 Å². The highest BCUT2D eigenvalue weighted by Crippen LogP contribution is 1.77. The quantitative estimate of drug-likeness (QED) is 0.433. The minimum atomic E-state index is 0.645. The lowest BCUT2D eigenvalue weighted by Gasteiger charge is -2.09. The highest BCUT2D eigenvalue weighted by molar-refractivity contribution is 5.57. The van der Waals surface area contributed by atoms with Gasteiger partial charge in [-0.3, -0.25) is 4.99 Å². The number of rotatable bonds is 0. The van der Waals surface area contributed by atoms with Gasteiger partial charge in [0.2, 0.25) is 0 Å². The number of nitrogens with zero attached hydrogens (tertiary/aromatic N) is 1. The molecule has 0 atom stereocenters. The average Bonchev–Trinajstić information content (AvgIpc) is 1.69. The Bertz CT molecular complexity index is 106. The van der Waals surface area contributed by atoms with E-state index in [4.69, 9.17) is 0 Å². The van der Waals surface area contributed by atoms with Crippen molar-refractivity contribution in [3.63, 3.8) is 0 Å². The van der Waals surface area contributed by atoms with E-state index in [0.29, 0.717) is 6.67 Å². The monoisotopic (exact) mass is 97.1 g/mol. The van der Waals surface area contributed by atoms with Crippen molar-refractivity contribution in [2.45, 2.75) is 0 Å². The first kappa shape index (κ1) is 4.18. The number of hydrogen-bond acceptors (Lipinski definition) is 3. The molecule has 3 heteroatoms. The van der Waals surface area contributed by atoms with Crippen LogP contribution >= 0.6 is 0 Å². The standard InChI is InChI=1S/C4H7N3/c1-4-6-2-5-3-7-4/h2,7H,1,3H2,(H,5,6). The molecule has 0 saturated heterocycles. The third-order valence-corrected chi connectivity index (χ3v) is 0.714. The maximum absolute atomic E-state index is 3.82. The lowest BCUT2D eigenvalue weighted by molar-refractivity contribution is 0.759. The van der Waals surface area contributed by atoms with Gasteiger partial charge in [-0.15, -0.1) is 0 Å². The Morgan fingerprint density at radius 1 is 1.86 bits per heavy atom. The van der Waals surface area contributed by atoms with Crippen molar-refractivity contribution in [3.05, 3.63) is 12.4 Å². The molecule has 0 aliphatic carbocycles. The number of aliphatic imine (C=N–C) groups is 1. The first-order chi connectivity index (χ1) is 3.39. The summed E-state index contributed by atoms with van der Waals surface area (Å²) in [7, 11) is 0. The van der Waals surface area contributed by atoms with Crippen molar-refractivity contribution < 1.29 is 0 Å². The van der Waals surface area contributed by atoms with E-state index in [1.165, 1.54) is 0 Å². The predicted molar refractivity (Wildman–Crippen MR) is 28.8 cm³/mol. The van der Waals surface area contributed by atoms with Crippen molar-refractivity contribution in [1.29, 1.82) is 0 Å². The second kappa shape index (κ2) is 1.64. The highest BCUT2D eigenvalue weighted by atomic mass is 15.2. The SMILES string of the molecule is C=C1NC=NCN1. The van der Waals surface area contributed by atoms with Crippen molar-refractivity contribution in [3.8, 4) is 0 Å². The molecule has 7 heavy (non-hydrogen) atoms. The van der Waals surface area contributed by atoms with Crippen molar-refractivity contribution >= 4 is 6.34 Å². The van der Waals surface area contributed by atoms with Crippen LogP contribution in [0.4, 0.5) is 0 Å². The zero-order chi connectivity index (χ0) is 5.11. The van der Waals surface area contributed by atoms with Crippen LogP contribution in [0.1, 0.15) is 0 Å². The van der Waals surface area contributed by atoms with Crippen LogP contribution in [0, 0.1) is 0 Å². The van der Waals surface area contributed by atoms with E-state index in [1.807, 2.05) is 0 Å². The topological polar surface area (TPSA) is 36.4 Å². The zero-order valence-corrected chi connectivity index (χ0v) is 3.94. The Labute approximate surface area is 42.1 Å². The van der Waals surface area contributed by atoms with Gasteiger partial charge < -0.3 is 10.6 Å². The second-order valence-corrected chi connectivity index (χ2v) is 1.27. The fraction of sp³-hybridized carbons (Fsp3) is 0.250. The number of hydrogen-bond donors (Lipinski definition) is 2. The fourth-order valence-electron chi connectivity index (χ4n) is 0.361. The van der Waals surface area contributed by atoms with Crippen molar-refractivity contribution in [1.82, 2.24) is 10.6 Å². The summed E-state index contributed by atoms with van der Waals surface area (Å²) in [5, 5.41) is 5.66. The molecule has 0 unspecified atom stereocenters. The van der Waals surface area contributed by atoms with Crippen LogP contribution in [-0.2, 0) is 0 Å². The molecule has 1 aliphatic heterocycles. The lowest BCUT2D eigenvalue weighted by Crippen LogP contribution is -2.29. The molecule has 0 aromatic heterocycles. The van der Waals surface area contributed by atoms with E-state index in [9.17, 15) is 0 Å². The minimum Gasteiger partial charge on any atom is -0.353 e. The summed E-state index contributed by atoms with van der Waals surface area (Å²) in [4.78, 5) is 3.82. The largest absolute Gasteiger partial charge is 0.353 e. The molecule has 0 fully saturated rings. The molecular weight excluding hydrogens is 90.1 g/mol. The third kappa shape index (κ3) is 0.924. The molecule has 0 saturated carbocycles. The summed E-state index contributed by atoms with van der Waals surface area (Å²) >= 11 is 0. The summed E-state index contributed by atoms with van der Waals surface area (Å²) in [5.74, 6) is 0.815. The molecule has 1 rings (SSSR count). The molecule has 2 N–H and O–H groups in total.